The Bertz CT molecular complexity index is 395. The van der Waals surface area contributed by atoms with E-state index in [1.807, 2.05) is 0 Å². The smallest absolute Gasteiger partial charge is 0.273 e. The van der Waals surface area contributed by atoms with Crippen molar-refractivity contribution in [2.24, 2.45) is 5.73 Å². The third kappa shape index (κ3) is 4.35. The Hall–Kier alpha value is -1.36. The first kappa shape index (κ1) is 14.1. The lowest BCUT2D eigenvalue weighted by atomic mass is 9.97. The van der Waals surface area contributed by atoms with Crippen molar-refractivity contribution in [2.45, 2.75) is 57.4 Å². The van der Waals surface area contributed by atoms with Gasteiger partial charge in [-0.15, -0.1) is 0 Å². The van der Waals surface area contributed by atoms with E-state index in [1.165, 1.54) is 38.4 Å². The van der Waals surface area contributed by atoms with Crippen LogP contribution in [0.15, 0.2) is 10.7 Å². The Balaban J connectivity index is 1.87. The third-order valence-electron chi connectivity index (χ3n) is 3.58. The van der Waals surface area contributed by atoms with Crippen LogP contribution in [0.4, 0.5) is 0 Å². The zero-order valence-electron chi connectivity index (χ0n) is 11.4. The molecule has 1 amide bonds. The minimum absolute atomic E-state index is 0.127. The molecule has 19 heavy (non-hydrogen) atoms. The summed E-state index contributed by atoms with van der Waals surface area (Å²) in [6, 6.07) is 0.280. The molecule has 1 fully saturated rings. The normalized spacial score (nSPS) is 17.7. The van der Waals surface area contributed by atoms with Crippen molar-refractivity contribution in [3.63, 3.8) is 0 Å². The van der Waals surface area contributed by atoms with Gasteiger partial charge in [0.05, 0.1) is 0 Å². The fourth-order valence-electron chi connectivity index (χ4n) is 2.51. The van der Waals surface area contributed by atoms with Crippen LogP contribution in [0.3, 0.4) is 0 Å². The Morgan fingerprint density at radius 1 is 1.32 bits per heavy atom. The summed E-state index contributed by atoms with van der Waals surface area (Å²) in [5.41, 5.74) is 5.79. The van der Waals surface area contributed by atoms with Crippen LogP contribution >= 0.6 is 0 Å². The predicted octanol–water partition coefficient (Wildman–Crippen LogP) is 2.02. The molecule has 1 aromatic rings. The number of hydrogen-bond donors (Lipinski definition) is 2. The van der Waals surface area contributed by atoms with Crippen molar-refractivity contribution in [3.8, 4) is 0 Å². The van der Waals surface area contributed by atoms with Crippen molar-refractivity contribution in [2.75, 3.05) is 6.54 Å². The number of nitrogens with two attached hydrogens (primary N) is 1. The Labute approximate surface area is 114 Å². The number of oxazole rings is 1. The number of carbonyl (C=O) groups excluding carboxylic acids is 1. The highest BCUT2D eigenvalue weighted by Gasteiger charge is 2.17. The van der Waals surface area contributed by atoms with E-state index in [4.69, 9.17) is 10.2 Å². The first-order valence-electron chi connectivity index (χ1n) is 7.25. The summed E-state index contributed by atoms with van der Waals surface area (Å²) in [7, 11) is 0. The van der Waals surface area contributed by atoms with Gasteiger partial charge in [-0.1, -0.05) is 32.1 Å². The molecule has 1 heterocycles. The largest absolute Gasteiger partial charge is 0.448 e. The number of nitrogens with zero attached hydrogens (tertiary/aromatic N) is 1. The number of hydrogen-bond acceptors (Lipinski definition) is 4. The second-order valence-electron chi connectivity index (χ2n) is 5.18. The fourth-order valence-corrected chi connectivity index (χ4v) is 2.51. The van der Waals surface area contributed by atoms with Crippen LogP contribution in [0.2, 0.25) is 0 Å². The lowest BCUT2D eigenvalue weighted by Crippen LogP contribution is -2.35. The lowest BCUT2D eigenvalue weighted by Gasteiger charge is -2.20. The van der Waals surface area contributed by atoms with Gasteiger partial charge in [0.15, 0.2) is 11.6 Å². The highest BCUT2D eigenvalue weighted by molar-refractivity contribution is 5.92. The van der Waals surface area contributed by atoms with Gasteiger partial charge in [-0.05, 0) is 12.8 Å². The minimum atomic E-state index is -0.127. The molecule has 0 unspecified atom stereocenters. The van der Waals surface area contributed by atoms with E-state index in [-0.39, 0.29) is 11.9 Å². The molecular formula is C14H23N3O2. The maximum absolute atomic E-state index is 12.1. The van der Waals surface area contributed by atoms with Crippen LogP contribution in [-0.4, -0.2) is 23.5 Å². The molecule has 0 saturated heterocycles. The SMILES string of the molecule is NCCc1nc(C(=O)NC2CCCCCCC2)co1. The highest BCUT2D eigenvalue weighted by atomic mass is 16.3. The van der Waals surface area contributed by atoms with E-state index in [0.717, 1.165) is 12.8 Å². The second-order valence-corrected chi connectivity index (χ2v) is 5.18. The molecule has 106 valence electrons. The molecule has 0 spiro atoms. The molecule has 5 heteroatoms. The third-order valence-corrected chi connectivity index (χ3v) is 3.58. The van der Waals surface area contributed by atoms with Crippen LogP contribution in [0, 0.1) is 0 Å². The Morgan fingerprint density at radius 3 is 2.68 bits per heavy atom. The zero-order valence-corrected chi connectivity index (χ0v) is 11.4. The van der Waals surface area contributed by atoms with Gasteiger partial charge in [0.25, 0.3) is 5.91 Å². The minimum Gasteiger partial charge on any atom is -0.448 e. The molecular weight excluding hydrogens is 242 g/mol. The van der Waals surface area contributed by atoms with Gasteiger partial charge in [-0.25, -0.2) is 4.98 Å². The second kappa shape index (κ2) is 7.28. The average molecular weight is 265 g/mol. The molecule has 3 N–H and O–H groups in total. The number of amides is 1. The van der Waals surface area contributed by atoms with E-state index in [2.05, 4.69) is 10.3 Å². The molecule has 0 radical (unpaired) electrons. The molecule has 1 aromatic heterocycles. The van der Waals surface area contributed by atoms with Crippen molar-refractivity contribution in [3.05, 3.63) is 17.8 Å². The van der Waals surface area contributed by atoms with Gasteiger partial charge in [-0.3, -0.25) is 4.79 Å². The molecule has 0 bridgehead atoms. The summed E-state index contributed by atoms with van der Waals surface area (Å²) in [5.74, 6) is 0.405. The van der Waals surface area contributed by atoms with Crippen LogP contribution in [-0.2, 0) is 6.42 Å². The van der Waals surface area contributed by atoms with E-state index in [9.17, 15) is 4.79 Å². The van der Waals surface area contributed by atoms with E-state index >= 15 is 0 Å². The number of aromatic nitrogens is 1. The fraction of sp³-hybridized carbons (Fsp3) is 0.714. The summed E-state index contributed by atoms with van der Waals surface area (Å²) < 4.78 is 5.21. The first-order chi connectivity index (χ1) is 9.29. The van der Waals surface area contributed by atoms with Gasteiger partial charge in [0.1, 0.15) is 6.26 Å². The standard InChI is InChI=1S/C14H23N3O2/c15-9-8-13-17-12(10-19-13)14(18)16-11-6-4-2-1-3-5-7-11/h10-11H,1-9,15H2,(H,16,18). The average Bonchev–Trinajstić information content (AvgIpc) is 2.81. The molecule has 1 aliphatic rings. The quantitative estimate of drug-likeness (QED) is 0.872. The van der Waals surface area contributed by atoms with Gasteiger partial charge in [-0.2, -0.15) is 0 Å². The molecule has 2 rings (SSSR count). The number of rotatable bonds is 4. The van der Waals surface area contributed by atoms with Crippen LogP contribution in [0.25, 0.3) is 0 Å². The topological polar surface area (TPSA) is 81.1 Å². The highest BCUT2D eigenvalue weighted by Crippen LogP contribution is 2.17. The van der Waals surface area contributed by atoms with Gasteiger partial charge < -0.3 is 15.5 Å². The maximum Gasteiger partial charge on any atom is 0.273 e. The van der Waals surface area contributed by atoms with Crippen molar-refractivity contribution < 1.29 is 9.21 Å². The number of nitrogens with one attached hydrogen (secondary N) is 1. The van der Waals surface area contributed by atoms with Crippen LogP contribution < -0.4 is 11.1 Å². The first-order valence-corrected chi connectivity index (χ1v) is 7.25. The molecule has 0 aromatic carbocycles. The summed E-state index contributed by atoms with van der Waals surface area (Å²) in [6.45, 7) is 0.476. The van der Waals surface area contributed by atoms with Crippen molar-refractivity contribution in [1.82, 2.24) is 10.3 Å². The van der Waals surface area contributed by atoms with Gasteiger partial charge >= 0.3 is 0 Å². The lowest BCUT2D eigenvalue weighted by molar-refractivity contribution is 0.0925. The molecule has 1 saturated carbocycles. The Morgan fingerprint density at radius 2 is 2.00 bits per heavy atom. The molecule has 0 atom stereocenters. The van der Waals surface area contributed by atoms with E-state index < -0.39 is 0 Å². The molecule has 5 nitrogen and oxygen atoms in total. The van der Waals surface area contributed by atoms with E-state index in [0.29, 0.717) is 24.6 Å². The van der Waals surface area contributed by atoms with Crippen molar-refractivity contribution >= 4 is 5.91 Å². The van der Waals surface area contributed by atoms with Crippen molar-refractivity contribution in [1.29, 1.82) is 0 Å². The summed E-state index contributed by atoms with van der Waals surface area (Å²) >= 11 is 0. The zero-order chi connectivity index (χ0) is 13.5. The number of carbonyl (C=O) groups is 1. The summed E-state index contributed by atoms with van der Waals surface area (Å²) in [4.78, 5) is 16.2. The predicted molar refractivity (Wildman–Crippen MR) is 72.8 cm³/mol. The monoisotopic (exact) mass is 265 g/mol. The summed E-state index contributed by atoms with van der Waals surface area (Å²) in [5, 5.41) is 3.07. The molecule has 0 aliphatic heterocycles. The van der Waals surface area contributed by atoms with E-state index in [1.54, 1.807) is 0 Å². The Kier molecular flexibility index (Phi) is 5.39. The summed E-state index contributed by atoms with van der Waals surface area (Å²) in [6.07, 6.45) is 10.4. The van der Waals surface area contributed by atoms with Gasteiger partial charge in [0, 0.05) is 19.0 Å². The van der Waals surface area contributed by atoms with Crippen LogP contribution in [0.5, 0.6) is 0 Å². The van der Waals surface area contributed by atoms with Gasteiger partial charge in [0.2, 0.25) is 0 Å². The maximum atomic E-state index is 12.1. The van der Waals surface area contributed by atoms with Crippen LogP contribution in [0.1, 0.15) is 61.3 Å². The molecule has 1 aliphatic carbocycles.